The van der Waals surface area contributed by atoms with E-state index in [1.807, 2.05) is 30.7 Å². The summed E-state index contributed by atoms with van der Waals surface area (Å²) in [7, 11) is 0. The van der Waals surface area contributed by atoms with E-state index in [2.05, 4.69) is 34.8 Å². The Morgan fingerprint density at radius 1 is 1.07 bits per heavy atom. The minimum Gasteiger partial charge on any atom is -0.330 e. The fourth-order valence-electron chi connectivity index (χ4n) is 2.84. The first kappa shape index (κ1) is 19.0. The summed E-state index contributed by atoms with van der Waals surface area (Å²) in [4.78, 5) is 0. The highest BCUT2D eigenvalue weighted by atomic mass is 32.1. The van der Waals surface area contributed by atoms with E-state index in [0.717, 1.165) is 23.1 Å². The molecule has 0 aliphatic rings. The second-order valence-corrected chi connectivity index (χ2v) is 6.74. The average Bonchev–Trinajstić information content (AvgIpc) is 2.87. The van der Waals surface area contributed by atoms with Crippen LogP contribution >= 0.6 is 12.2 Å². The first-order chi connectivity index (χ1) is 12.8. The molecule has 0 aliphatic heterocycles. The SMILES string of the molecule is Cc1ccccc1Cn1nc(C)c(NC(=S)Nc2ccc(F)cc2F)c1C. The zero-order valence-electron chi connectivity index (χ0n) is 15.3. The predicted octanol–water partition coefficient (Wildman–Crippen LogP) is 4.94. The number of thiocarbonyl (C=S) groups is 1. The predicted molar refractivity (Wildman–Crippen MR) is 108 cm³/mol. The van der Waals surface area contributed by atoms with Crippen LogP contribution in [0.1, 0.15) is 22.5 Å². The van der Waals surface area contributed by atoms with Gasteiger partial charge in [0, 0.05) is 6.07 Å². The Balaban J connectivity index is 1.76. The molecule has 0 aliphatic carbocycles. The van der Waals surface area contributed by atoms with Crippen molar-refractivity contribution in [2.24, 2.45) is 0 Å². The summed E-state index contributed by atoms with van der Waals surface area (Å²) in [5.74, 6) is -1.34. The second-order valence-electron chi connectivity index (χ2n) is 6.33. The molecule has 4 nitrogen and oxygen atoms in total. The van der Waals surface area contributed by atoms with Gasteiger partial charge in [-0.1, -0.05) is 24.3 Å². The summed E-state index contributed by atoms with van der Waals surface area (Å²) in [6, 6.07) is 11.4. The second kappa shape index (κ2) is 7.84. The van der Waals surface area contributed by atoms with E-state index >= 15 is 0 Å². The summed E-state index contributed by atoms with van der Waals surface area (Å²) < 4.78 is 28.7. The summed E-state index contributed by atoms with van der Waals surface area (Å²) in [6.45, 7) is 6.54. The Hall–Kier alpha value is -2.80. The van der Waals surface area contributed by atoms with Crippen LogP contribution < -0.4 is 10.6 Å². The topological polar surface area (TPSA) is 41.9 Å². The molecule has 0 bridgehead atoms. The molecule has 140 valence electrons. The Bertz CT molecular complexity index is 998. The van der Waals surface area contributed by atoms with Gasteiger partial charge in [-0.25, -0.2) is 8.78 Å². The van der Waals surface area contributed by atoms with Gasteiger partial charge in [0.1, 0.15) is 11.6 Å². The number of hydrogen-bond acceptors (Lipinski definition) is 2. The molecule has 2 aromatic carbocycles. The standard InChI is InChI=1S/C20H20F2N4S/c1-12-6-4-5-7-15(12)11-26-14(3)19(13(2)25-26)24-20(27)23-18-9-8-16(21)10-17(18)22/h4-10H,11H2,1-3H3,(H2,23,24,27). The average molecular weight is 386 g/mol. The van der Waals surface area contributed by atoms with Crippen LogP contribution in [0.2, 0.25) is 0 Å². The molecule has 0 saturated heterocycles. The Kier molecular flexibility index (Phi) is 5.51. The molecule has 0 radical (unpaired) electrons. The summed E-state index contributed by atoms with van der Waals surface area (Å²) in [5.41, 5.74) is 4.96. The number of rotatable bonds is 4. The van der Waals surface area contributed by atoms with E-state index in [-0.39, 0.29) is 10.8 Å². The van der Waals surface area contributed by atoms with Crippen LogP contribution in [0.15, 0.2) is 42.5 Å². The van der Waals surface area contributed by atoms with E-state index in [4.69, 9.17) is 12.2 Å². The van der Waals surface area contributed by atoms with Crippen LogP contribution in [-0.2, 0) is 6.54 Å². The van der Waals surface area contributed by atoms with E-state index in [1.165, 1.54) is 23.3 Å². The largest absolute Gasteiger partial charge is 0.330 e. The molecule has 0 saturated carbocycles. The number of hydrogen-bond donors (Lipinski definition) is 2. The first-order valence-electron chi connectivity index (χ1n) is 8.46. The lowest BCUT2D eigenvalue weighted by molar-refractivity contribution is 0.586. The van der Waals surface area contributed by atoms with Gasteiger partial charge in [-0.2, -0.15) is 5.10 Å². The van der Waals surface area contributed by atoms with Crippen molar-refractivity contribution in [1.29, 1.82) is 0 Å². The highest BCUT2D eigenvalue weighted by Crippen LogP contribution is 2.22. The number of nitrogens with zero attached hydrogens (tertiary/aromatic N) is 2. The molecular weight excluding hydrogens is 366 g/mol. The monoisotopic (exact) mass is 386 g/mol. The van der Waals surface area contributed by atoms with Gasteiger partial charge in [-0.15, -0.1) is 0 Å². The van der Waals surface area contributed by atoms with Crippen LogP contribution in [0, 0.1) is 32.4 Å². The van der Waals surface area contributed by atoms with E-state index in [9.17, 15) is 8.78 Å². The lowest BCUT2D eigenvalue weighted by atomic mass is 10.1. The van der Waals surface area contributed by atoms with Crippen LogP contribution in [0.5, 0.6) is 0 Å². The van der Waals surface area contributed by atoms with Gasteiger partial charge in [0.2, 0.25) is 0 Å². The molecule has 2 N–H and O–H groups in total. The van der Waals surface area contributed by atoms with Gasteiger partial charge in [-0.05, 0) is 56.2 Å². The minimum atomic E-state index is -0.706. The van der Waals surface area contributed by atoms with Crippen molar-refractivity contribution < 1.29 is 8.78 Å². The molecule has 27 heavy (non-hydrogen) atoms. The van der Waals surface area contributed by atoms with Crippen LogP contribution in [0.4, 0.5) is 20.2 Å². The molecule has 0 spiro atoms. The van der Waals surface area contributed by atoms with Crippen molar-refractivity contribution in [3.05, 3.63) is 76.6 Å². The Labute approximate surface area is 162 Å². The first-order valence-corrected chi connectivity index (χ1v) is 8.87. The molecule has 1 aromatic heterocycles. The van der Waals surface area contributed by atoms with Gasteiger partial charge in [-0.3, -0.25) is 4.68 Å². The number of nitrogens with one attached hydrogen (secondary N) is 2. The maximum absolute atomic E-state index is 13.8. The number of anilines is 2. The zero-order chi connectivity index (χ0) is 19.6. The molecule has 1 heterocycles. The lowest BCUT2D eigenvalue weighted by Crippen LogP contribution is -2.20. The van der Waals surface area contributed by atoms with Gasteiger partial charge in [0.05, 0.1) is 29.3 Å². The van der Waals surface area contributed by atoms with E-state index in [1.54, 1.807) is 0 Å². The highest BCUT2D eigenvalue weighted by Gasteiger charge is 2.14. The molecule has 3 rings (SSSR count). The van der Waals surface area contributed by atoms with Crippen molar-refractivity contribution in [2.45, 2.75) is 27.3 Å². The third kappa shape index (κ3) is 4.31. The van der Waals surface area contributed by atoms with Crippen molar-refractivity contribution in [3.8, 4) is 0 Å². The molecule has 3 aromatic rings. The van der Waals surface area contributed by atoms with Gasteiger partial charge < -0.3 is 10.6 Å². The minimum absolute atomic E-state index is 0.108. The van der Waals surface area contributed by atoms with Gasteiger partial charge in [0.25, 0.3) is 0 Å². The molecule has 7 heteroatoms. The fourth-order valence-corrected chi connectivity index (χ4v) is 3.05. The summed E-state index contributed by atoms with van der Waals surface area (Å²) in [6.07, 6.45) is 0. The molecule has 0 fully saturated rings. The number of aromatic nitrogens is 2. The third-order valence-electron chi connectivity index (χ3n) is 4.38. The number of aryl methyl sites for hydroxylation is 2. The maximum Gasteiger partial charge on any atom is 0.175 e. The smallest absolute Gasteiger partial charge is 0.175 e. The number of benzene rings is 2. The van der Waals surface area contributed by atoms with Crippen molar-refractivity contribution in [3.63, 3.8) is 0 Å². The van der Waals surface area contributed by atoms with Crippen LogP contribution in [0.3, 0.4) is 0 Å². The number of halogens is 2. The molecule has 0 atom stereocenters. The normalized spacial score (nSPS) is 10.7. The maximum atomic E-state index is 13.8. The van der Waals surface area contributed by atoms with E-state index < -0.39 is 11.6 Å². The van der Waals surface area contributed by atoms with Gasteiger partial charge in [0.15, 0.2) is 5.11 Å². The van der Waals surface area contributed by atoms with Gasteiger partial charge >= 0.3 is 0 Å². The summed E-state index contributed by atoms with van der Waals surface area (Å²) in [5, 5.41) is 10.6. The Morgan fingerprint density at radius 3 is 2.52 bits per heavy atom. The molecule has 0 amide bonds. The Morgan fingerprint density at radius 2 is 1.81 bits per heavy atom. The highest BCUT2D eigenvalue weighted by molar-refractivity contribution is 7.80. The van der Waals surface area contributed by atoms with Crippen LogP contribution in [-0.4, -0.2) is 14.9 Å². The van der Waals surface area contributed by atoms with E-state index in [0.29, 0.717) is 6.54 Å². The van der Waals surface area contributed by atoms with Crippen molar-refractivity contribution in [2.75, 3.05) is 10.6 Å². The fraction of sp³-hybridized carbons (Fsp3) is 0.200. The molecule has 0 unspecified atom stereocenters. The van der Waals surface area contributed by atoms with Crippen molar-refractivity contribution in [1.82, 2.24) is 9.78 Å². The van der Waals surface area contributed by atoms with Crippen LogP contribution in [0.25, 0.3) is 0 Å². The summed E-state index contributed by atoms with van der Waals surface area (Å²) >= 11 is 5.27. The quantitative estimate of drug-likeness (QED) is 0.623. The van der Waals surface area contributed by atoms with Crippen molar-refractivity contribution >= 4 is 28.7 Å². The lowest BCUT2D eigenvalue weighted by Gasteiger charge is -2.12. The third-order valence-corrected chi connectivity index (χ3v) is 4.58. The zero-order valence-corrected chi connectivity index (χ0v) is 16.1. The molecular formula is C20H20F2N4S.